The smallest absolute Gasteiger partial charge is 0.261 e. The van der Waals surface area contributed by atoms with Crippen molar-refractivity contribution in [2.45, 2.75) is 38.3 Å². The minimum Gasteiger partial charge on any atom is -0.484 e. The maximum Gasteiger partial charge on any atom is 0.261 e. The fourth-order valence-corrected chi connectivity index (χ4v) is 4.68. The Labute approximate surface area is 233 Å². The van der Waals surface area contributed by atoms with E-state index in [0.29, 0.717) is 11.6 Å². The monoisotopic (exact) mass is 575 g/mol. The Bertz CT molecular complexity index is 1370. The van der Waals surface area contributed by atoms with Crippen molar-refractivity contribution in [2.75, 3.05) is 17.9 Å². The highest BCUT2D eigenvalue weighted by molar-refractivity contribution is 7.92. The summed E-state index contributed by atoms with van der Waals surface area (Å²) in [5.74, 6) is -0.664. The van der Waals surface area contributed by atoms with Crippen molar-refractivity contribution >= 4 is 39.1 Å². The SMILES string of the molecule is CC(C)CNC(=O)[C@H](C)N(Cc1ccc(Cl)cc1)C(=O)COc1ccc(S(=O)(=O)Nc2ccc(F)cc2)cc1. The van der Waals surface area contributed by atoms with Crippen molar-refractivity contribution in [1.29, 1.82) is 0 Å². The van der Waals surface area contributed by atoms with Crippen LogP contribution in [0, 0.1) is 11.7 Å². The number of carbonyl (C=O) groups excluding carboxylic acids is 2. The molecule has 0 fully saturated rings. The summed E-state index contributed by atoms with van der Waals surface area (Å²) in [7, 11) is -3.91. The van der Waals surface area contributed by atoms with Crippen LogP contribution >= 0.6 is 11.6 Å². The third kappa shape index (κ3) is 8.97. The minimum absolute atomic E-state index is 0.0367. The van der Waals surface area contributed by atoms with Crippen molar-refractivity contribution in [3.63, 3.8) is 0 Å². The first-order valence-electron chi connectivity index (χ1n) is 12.3. The molecule has 3 rings (SSSR count). The van der Waals surface area contributed by atoms with Gasteiger partial charge in [-0.15, -0.1) is 0 Å². The highest BCUT2D eigenvalue weighted by Crippen LogP contribution is 2.20. The lowest BCUT2D eigenvalue weighted by atomic mass is 10.1. The molecule has 0 unspecified atom stereocenters. The van der Waals surface area contributed by atoms with Crippen LogP contribution in [0.4, 0.5) is 10.1 Å². The highest BCUT2D eigenvalue weighted by Gasteiger charge is 2.26. The number of nitrogens with zero attached hydrogens (tertiary/aromatic N) is 1. The van der Waals surface area contributed by atoms with Gasteiger partial charge in [0.05, 0.1) is 4.90 Å². The number of hydrogen-bond acceptors (Lipinski definition) is 5. The van der Waals surface area contributed by atoms with Crippen LogP contribution in [-0.4, -0.2) is 44.3 Å². The zero-order chi connectivity index (χ0) is 28.6. The summed E-state index contributed by atoms with van der Waals surface area (Å²) < 4.78 is 46.4. The normalized spacial score (nSPS) is 12.1. The van der Waals surface area contributed by atoms with E-state index in [-0.39, 0.29) is 41.3 Å². The molecule has 0 saturated heterocycles. The Morgan fingerprint density at radius 3 is 2.15 bits per heavy atom. The number of carbonyl (C=O) groups is 2. The van der Waals surface area contributed by atoms with Gasteiger partial charge >= 0.3 is 0 Å². The first kappa shape index (κ1) is 29.9. The lowest BCUT2D eigenvalue weighted by Crippen LogP contribution is -2.49. The van der Waals surface area contributed by atoms with E-state index < -0.39 is 27.8 Å². The Hall–Kier alpha value is -3.63. The van der Waals surface area contributed by atoms with Crippen molar-refractivity contribution in [1.82, 2.24) is 10.2 Å². The lowest BCUT2D eigenvalue weighted by molar-refractivity contribution is -0.142. The fourth-order valence-electron chi connectivity index (χ4n) is 3.50. The molecule has 3 aromatic carbocycles. The Morgan fingerprint density at radius 2 is 1.56 bits per heavy atom. The van der Waals surface area contributed by atoms with E-state index >= 15 is 0 Å². The summed E-state index contributed by atoms with van der Waals surface area (Å²) in [5.41, 5.74) is 1.01. The molecule has 2 N–H and O–H groups in total. The molecule has 0 saturated carbocycles. The van der Waals surface area contributed by atoms with E-state index in [1.165, 1.54) is 41.3 Å². The molecule has 11 heteroatoms. The molecule has 0 aromatic heterocycles. The number of sulfonamides is 1. The predicted octanol–water partition coefficient (Wildman–Crippen LogP) is 4.85. The van der Waals surface area contributed by atoms with Gasteiger partial charge in [0.1, 0.15) is 17.6 Å². The molecule has 3 aromatic rings. The predicted molar refractivity (Wildman–Crippen MR) is 148 cm³/mol. The van der Waals surface area contributed by atoms with Gasteiger partial charge in [0.25, 0.3) is 15.9 Å². The van der Waals surface area contributed by atoms with E-state index in [0.717, 1.165) is 17.7 Å². The topological polar surface area (TPSA) is 105 Å². The Balaban J connectivity index is 1.68. The molecule has 0 heterocycles. The number of nitrogens with one attached hydrogen (secondary N) is 2. The fraction of sp³-hybridized carbons (Fsp3) is 0.286. The van der Waals surface area contributed by atoms with Gasteiger partial charge in [-0.25, -0.2) is 12.8 Å². The van der Waals surface area contributed by atoms with Crippen LogP contribution < -0.4 is 14.8 Å². The zero-order valence-electron chi connectivity index (χ0n) is 21.9. The van der Waals surface area contributed by atoms with Gasteiger partial charge in [0, 0.05) is 23.8 Å². The van der Waals surface area contributed by atoms with Crippen LogP contribution in [0.1, 0.15) is 26.3 Å². The second-order valence-electron chi connectivity index (χ2n) is 9.34. The van der Waals surface area contributed by atoms with Gasteiger partial charge in [-0.05, 0) is 79.1 Å². The first-order chi connectivity index (χ1) is 18.4. The summed E-state index contributed by atoms with van der Waals surface area (Å²) in [6, 6.07) is 16.7. The lowest BCUT2D eigenvalue weighted by Gasteiger charge is -2.29. The molecular weight excluding hydrogens is 545 g/mol. The minimum atomic E-state index is -3.91. The molecule has 39 heavy (non-hydrogen) atoms. The molecule has 0 radical (unpaired) electrons. The molecule has 2 amide bonds. The van der Waals surface area contributed by atoms with Crippen LogP contribution in [0.25, 0.3) is 0 Å². The van der Waals surface area contributed by atoms with Crippen LogP contribution in [0.15, 0.2) is 77.7 Å². The third-order valence-electron chi connectivity index (χ3n) is 5.71. The molecule has 1 atom stereocenters. The maximum atomic E-state index is 13.2. The Morgan fingerprint density at radius 1 is 0.949 bits per heavy atom. The van der Waals surface area contributed by atoms with E-state index in [2.05, 4.69) is 10.0 Å². The van der Waals surface area contributed by atoms with Gasteiger partial charge < -0.3 is 15.0 Å². The number of ether oxygens (including phenoxy) is 1. The second kappa shape index (κ2) is 13.4. The van der Waals surface area contributed by atoms with Crippen LogP contribution in [0.2, 0.25) is 5.02 Å². The molecule has 0 aliphatic heterocycles. The van der Waals surface area contributed by atoms with Crippen molar-refractivity contribution in [3.05, 3.63) is 89.2 Å². The zero-order valence-corrected chi connectivity index (χ0v) is 23.4. The van der Waals surface area contributed by atoms with Gasteiger partial charge in [-0.3, -0.25) is 14.3 Å². The van der Waals surface area contributed by atoms with E-state index in [1.807, 2.05) is 13.8 Å². The van der Waals surface area contributed by atoms with Crippen LogP contribution in [0.3, 0.4) is 0 Å². The largest absolute Gasteiger partial charge is 0.484 e. The standard InChI is InChI=1S/C28H31ClFN3O5S/c1-19(2)16-31-28(35)20(3)33(17-21-4-6-22(29)7-5-21)27(34)18-38-25-12-14-26(15-13-25)39(36,37)32-24-10-8-23(30)9-11-24/h4-15,19-20,32H,16-18H2,1-3H3,(H,31,35)/t20-/m0/s1. The average Bonchev–Trinajstić information content (AvgIpc) is 2.91. The Kier molecular flexibility index (Phi) is 10.3. The van der Waals surface area contributed by atoms with E-state index in [1.54, 1.807) is 31.2 Å². The number of halogens is 2. The molecule has 208 valence electrons. The summed E-state index contributed by atoms with van der Waals surface area (Å²) in [5, 5.41) is 3.41. The highest BCUT2D eigenvalue weighted by atomic mass is 35.5. The molecule has 8 nitrogen and oxygen atoms in total. The summed E-state index contributed by atoms with van der Waals surface area (Å²) in [6.45, 7) is 5.89. The first-order valence-corrected chi connectivity index (χ1v) is 14.1. The van der Waals surface area contributed by atoms with Gasteiger partial charge in [0.15, 0.2) is 6.61 Å². The number of rotatable bonds is 12. The van der Waals surface area contributed by atoms with Crippen LogP contribution in [-0.2, 0) is 26.2 Å². The van der Waals surface area contributed by atoms with Gasteiger partial charge in [0.2, 0.25) is 5.91 Å². The number of amides is 2. The van der Waals surface area contributed by atoms with Gasteiger partial charge in [-0.2, -0.15) is 0 Å². The van der Waals surface area contributed by atoms with Crippen molar-refractivity contribution in [3.8, 4) is 5.75 Å². The van der Waals surface area contributed by atoms with Crippen molar-refractivity contribution in [2.24, 2.45) is 5.92 Å². The third-order valence-corrected chi connectivity index (χ3v) is 7.36. The molecule has 0 spiro atoms. The number of benzene rings is 3. The quantitative estimate of drug-likeness (QED) is 0.321. The van der Waals surface area contributed by atoms with E-state index in [4.69, 9.17) is 16.3 Å². The van der Waals surface area contributed by atoms with Crippen molar-refractivity contribution < 1.29 is 27.1 Å². The average molecular weight is 576 g/mol. The van der Waals surface area contributed by atoms with E-state index in [9.17, 15) is 22.4 Å². The number of hydrogen-bond donors (Lipinski definition) is 2. The maximum absolute atomic E-state index is 13.2. The summed E-state index contributed by atoms with van der Waals surface area (Å²) in [6.07, 6.45) is 0. The van der Waals surface area contributed by atoms with Crippen LogP contribution in [0.5, 0.6) is 5.75 Å². The summed E-state index contributed by atoms with van der Waals surface area (Å²) >= 11 is 5.98. The molecule has 0 aliphatic rings. The number of anilines is 1. The molecule has 0 bridgehead atoms. The molecule has 0 aliphatic carbocycles. The van der Waals surface area contributed by atoms with Gasteiger partial charge in [-0.1, -0.05) is 37.6 Å². The molecular formula is C28H31ClFN3O5S. The summed E-state index contributed by atoms with van der Waals surface area (Å²) in [4.78, 5) is 27.3. The second-order valence-corrected chi connectivity index (χ2v) is 11.5.